The van der Waals surface area contributed by atoms with Gasteiger partial charge < -0.3 is 5.11 Å². The zero-order valence-corrected chi connectivity index (χ0v) is 10.7. The largest absolute Gasteiger partial charge is 0.388 e. The Labute approximate surface area is 106 Å². The molecule has 1 aliphatic heterocycles. The number of aliphatic hydroxyl groups excluding tert-OH is 1. The average molecular weight is 244 g/mol. The van der Waals surface area contributed by atoms with Crippen molar-refractivity contribution in [2.75, 3.05) is 0 Å². The van der Waals surface area contributed by atoms with Crippen LogP contribution >= 0.6 is 11.8 Å². The number of benzene rings is 2. The summed E-state index contributed by atoms with van der Waals surface area (Å²) in [5.41, 5.74) is 2.45. The van der Waals surface area contributed by atoms with Crippen LogP contribution in [0.1, 0.15) is 30.6 Å². The molecule has 1 heterocycles. The van der Waals surface area contributed by atoms with Gasteiger partial charge in [0.2, 0.25) is 0 Å². The zero-order chi connectivity index (χ0) is 11.8. The lowest BCUT2D eigenvalue weighted by molar-refractivity contribution is 0.168. The molecule has 2 heteroatoms. The van der Waals surface area contributed by atoms with Gasteiger partial charge in [-0.25, -0.2) is 0 Å². The van der Waals surface area contributed by atoms with Crippen LogP contribution in [0, 0.1) is 0 Å². The highest BCUT2D eigenvalue weighted by Crippen LogP contribution is 2.38. The Morgan fingerprint density at radius 1 is 1.18 bits per heavy atom. The van der Waals surface area contributed by atoms with E-state index >= 15 is 0 Å². The number of rotatable bonds is 0. The van der Waals surface area contributed by atoms with E-state index < -0.39 is 0 Å². The fraction of sp³-hybridized carbons (Fsp3) is 0.333. The van der Waals surface area contributed by atoms with Gasteiger partial charge in [0.25, 0.3) is 0 Å². The van der Waals surface area contributed by atoms with Crippen LogP contribution < -0.4 is 0 Å². The van der Waals surface area contributed by atoms with Crippen LogP contribution in [-0.2, 0) is 5.75 Å². The number of fused-ring (bicyclic) bond motifs is 3. The molecule has 0 radical (unpaired) electrons. The van der Waals surface area contributed by atoms with Crippen molar-refractivity contribution in [3.63, 3.8) is 0 Å². The number of hydrogen-bond donors (Lipinski definition) is 1. The van der Waals surface area contributed by atoms with Gasteiger partial charge in [-0.05, 0) is 28.3 Å². The van der Waals surface area contributed by atoms with E-state index in [0.29, 0.717) is 5.25 Å². The quantitative estimate of drug-likeness (QED) is 0.758. The predicted octanol–water partition coefficient (Wildman–Crippen LogP) is 3.90. The molecule has 2 unspecified atom stereocenters. The summed E-state index contributed by atoms with van der Waals surface area (Å²) in [6.45, 7) is 2.20. The van der Waals surface area contributed by atoms with Gasteiger partial charge in [0.05, 0.1) is 6.10 Å². The minimum Gasteiger partial charge on any atom is -0.388 e. The van der Waals surface area contributed by atoms with E-state index in [1.165, 1.54) is 16.3 Å². The molecule has 17 heavy (non-hydrogen) atoms. The maximum atomic E-state index is 10.3. The molecule has 1 nitrogen and oxygen atoms in total. The molecule has 0 spiro atoms. The Kier molecular flexibility index (Phi) is 2.85. The van der Waals surface area contributed by atoms with E-state index in [-0.39, 0.29) is 6.10 Å². The topological polar surface area (TPSA) is 20.2 Å². The van der Waals surface area contributed by atoms with Gasteiger partial charge in [0.15, 0.2) is 0 Å². The normalized spacial score (nSPS) is 24.4. The molecule has 0 fully saturated rings. The first kappa shape index (κ1) is 11.1. The maximum absolute atomic E-state index is 10.3. The van der Waals surface area contributed by atoms with Crippen molar-refractivity contribution >= 4 is 22.5 Å². The highest BCUT2D eigenvalue weighted by Gasteiger charge is 2.21. The molecule has 2 atom stereocenters. The summed E-state index contributed by atoms with van der Waals surface area (Å²) in [7, 11) is 0. The van der Waals surface area contributed by atoms with Crippen molar-refractivity contribution in [1.29, 1.82) is 0 Å². The van der Waals surface area contributed by atoms with Crippen molar-refractivity contribution in [3.8, 4) is 0 Å². The van der Waals surface area contributed by atoms with E-state index in [2.05, 4.69) is 43.3 Å². The third-order valence-electron chi connectivity index (χ3n) is 3.50. The molecule has 3 rings (SSSR count). The molecule has 2 aromatic rings. The summed E-state index contributed by atoms with van der Waals surface area (Å²) in [4.78, 5) is 0. The molecule has 2 aromatic carbocycles. The molecule has 0 aromatic heterocycles. The fourth-order valence-corrected chi connectivity index (χ4v) is 3.65. The summed E-state index contributed by atoms with van der Waals surface area (Å²) in [5, 5.41) is 13.4. The van der Waals surface area contributed by atoms with Crippen molar-refractivity contribution in [1.82, 2.24) is 0 Å². The Balaban J connectivity index is 2.22. The van der Waals surface area contributed by atoms with E-state index in [4.69, 9.17) is 0 Å². The predicted molar refractivity (Wildman–Crippen MR) is 74.3 cm³/mol. The Morgan fingerprint density at radius 2 is 2.00 bits per heavy atom. The van der Waals surface area contributed by atoms with Gasteiger partial charge >= 0.3 is 0 Å². The van der Waals surface area contributed by atoms with Crippen LogP contribution in [0.15, 0.2) is 36.4 Å². The lowest BCUT2D eigenvalue weighted by atomic mass is 9.95. The summed E-state index contributed by atoms with van der Waals surface area (Å²) in [5.74, 6) is 1.01. The van der Waals surface area contributed by atoms with Crippen molar-refractivity contribution < 1.29 is 5.11 Å². The summed E-state index contributed by atoms with van der Waals surface area (Å²) >= 11 is 1.94. The molecule has 0 saturated heterocycles. The van der Waals surface area contributed by atoms with Crippen LogP contribution in [0.2, 0.25) is 0 Å². The minimum atomic E-state index is -0.306. The third kappa shape index (κ3) is 1.96. The molecule has 0 amide bonds. The molecule has 0 aliphatic carbocycles. The molecule has 88 valence electrons. The smallest absolute Gasteiger partial charge is 0.0803 e. The maximum Gasteiger partial charge on any atom is 0.0803 e. The molecule has 0 saturated carbocycles. The molecular weight excluding hydrogens is 228 g/mol. The van der Waals surface area contributed by atoms with Gasteiger partial charge in [0, 0.05) is 11.0 Å². The van der Waals surface area contributed by atoms with Crippen molar-refractivity contribution in [3.05, 3.63) is 47.5 Å². The molecular formula is C15H16OS. The second-order valence-electron chi connectivity index (χ2n) is 4.73. The Hall–Kier alpha value is -0.990. The standard InChI is InChI=1S/C15H16OS/c1-10-8-15(16)13-7-6-11-4-2-3-5-12(11)14(13)9-17-10/h2-7,10,15-16H,8-9H2,1H3. The Bertz CT molecular complexity index is 550. The highest BCUT2D eigenvalue weighted by molar-refractivity contribution is 7.99. The number of thioether (sulfide) groups is 1. The second-order valence-corrected chi connectivity index (χ2v) is 6.15. The first-order valence-electron chi connectivity index (χ1n) is 6.06. The monoisotopic (exact) mass is 244 g/mol. The van der Waals surface area contributed by atoms with Crippen LogP contribution in [-0.4, -0.2) is 10.4 Å². The summed E-state index contributed by atoms with van der Waals surface area (Å²) < 4.78 is 0. The third-order valence-corrected chi connectivity index (χ3v) is 4.72. The molecule has 1 aliphatic rings. The van der Waals surface area contributed by atoms with Crippen LogP contribution in [0.5, 0.6) is 0 Å². The SMILES string of the molecule is CC1CC(O)c2ccc3ccccc3c2CS1. The first-order valence-corrected chi connectivity index (χ1v) is 7.11. The summed E-state index contributed by atoms with van der Waals surface area (Å²) in [6.07, 6.45) is 0.551. The average Bonchev–Trinajstić information content (AvgIpc) is 2.49. The van der Waals surface area contributed by atoms with Crippen LogP contribution in [0.25, 0.3) is 10.8 Å². The minimum absolute atomic E-state index is 0.306. The van der Waals surface area contributed by atoms with E-state index in [1.807, 2.05) is 11.8 Å². The van der Waals surface area contributed by atoms with Gasteiger partial charge in [-0.2, -0.15) is 11.8 Å². The fourth-order valence-electron chi connectivity index (χ4n) is 2.56. The first-order chi connectivity index (χ1) is 8.25. The highest BCUT2D eigenvalue weighted by atomic mass is 32.2. The van der Waals surface area contributed by atoms with Crippen LogP contribution in [0.3, 0.4) is 0 Å². The second kappa shape index (κ2) is 4.35. The molecule has 1 N–H and O–H groups in total. The molecule has 0 bridgehead atoms. The van der Waals surface area contributed by atoms with E-state index in [0.717, 1.165) is 17.7 Å². The van der Waals surface area contributed by atoms with Crippen LogP contribution in [0.4, 0.5) is 0 Å². The number of aliphatic hydroxyl groups is 1. The lowest BCUT2D eigenvalue weighted by Crippen LogP contribution is -2.03. The van der Waals surface area contributed by atoms with Crippen molar-refractivity contribution in [2.45, 2.75) is 30.5 Å². The van der Waals surface area contributed by atoms with Gasteiger partial charge in [0.1, 0.15) is 0 Å². The van der Waals surface area contributed by atoms with Gasteiger partial charge in [-0.3, -0.25) is 0 Å². The number of hydrogen-bond acceptors (Lipinski definition) is 2. The van der Waals surface area contributed by atoms with E-state index in [1.54, 1.807) is 0 Å². The van der Waals surface area contributed by atoms with Crippen molar-refractivity contribution in [2.24, 2.45) is 0 Å². The summed E-state index contributed by atoms with van der Waals surface area (Å²) in [6, 6.07) is 12.7. The van der Waals surface area contributed by atoms with E-state index in [9.17, 15) is 5.11 Å². The zero-order valence-electron chi connectivity index (χ0n) is 9.89. The Morgan fingerprint density at radius 3 is 2.88 bits per heavy atom. The lowest BCUT2D eigenvalue weighted by Gasteiger charge is -2.14. The van der Waals surface area contributed by atoms with Gasteiger partial charge in [-0.1, -0.05) is 43.3 Å². The van der Waals surface area contributed by atoms with Gasteiger partial charge in [-0.15, -0.1) is 0 Å².